The minimum atomic E-state index is -1.52. The molecule has 0 aromatic rings. The summed E-state index contributed by atoms with van der Waals surface area (Å²) in [6, 6.07) is -0.597. The van der Waals surface area contributed by atoms with Crippen LogP contribution >= 0.6 is 0 Å². The molecule has 4 rings (SSSR count). The molecule has 4 fully saturated rings. The number of nitrogens with zero attached hydrogens (tertiary/aromatic N) is 2. The van der Waals surface area contributed by atoms with E-state index in [-0.39, 0.29) is 36.9 Å². The summed E-state index contributed by atoms with van der Waals surface area (Å²) in [4.78, 5) is 18.7. The molecule has 4 heterocycles. The molecule has 57 heavy (non-hydrogen) atoms. The van der Waals surface area contributed by atoms with E-state index in [1.165, 1.54) is 0 Å². The van der Waals surface area contributed by atoms with E-state index >= 15 is 0 Å². The Morgan fingerprint density at radius 3 is 2.16 bits per heavy atom. The molecular weight excluding hydrogens is 734 g/mol. The fraction of sp³-hybridized carbons (Fsp3) is 0.977. The van der Waals surface area contributed by atoms with Crippen LogP contribution in [-0.2, 0) is 33.2 Å². The first-order chi connectivity index (χ1) is 26.4. The van der Waals surface area contributed by atoms with Crippen LogP contribution in [0.1, 0.15) is 115 Å². The van der Waals surface area contributed by atoms with Gasteiger partial charge in [0.15, 0.2) is 12.6 Å². The normalized spacial score (nSPS) is 47.3. The summed E-state index contributed by atoms with van der Waals surface area (Å²) in [5.41, 5.74) is -4.76. The van der Waals surface area contributed by atoms with Crippen molar-refractivity contribution in [1.82, 2.24) is 15.1 Å². The number of aliphatic hydroxyl groups excluding tert-OH is 2. The Hall–Kier alpha value is -1.01. The lowest BCUT2D eigenvalue weighted by atomic mass is 9.75. The van der Waals surface area contributed by atoms with E-state index in [0.717, 1.165) is 25.9 Å². The van der Waals surface area contributed by atoms with E-state index in [2.05, 4.69) is 10.2 Å². The fourth-order valence-electron chi connectivity index (χ4n) is 10.3. The number of cyclic esters (lactones) is 1. The van der Waals surface area contributed by atoms with E-state index in [0.29, 0.717) is 25.9 Å². The van der Waals surface area contributed by atoms with Crippen molar-refractivity contribution in [2.24, 2.45) is 23.2 Å². The summed E-state index contributed by atoms with van der Waals surface area (Å²) >= 11 is 0. The second-order valence-electron chi connectivity index (χ2n) is 19.6. The van der Waals surface area contributed by atoms with Gasteiger partial charge in [-0.3, -0.25) is 4.79 Å². The zero-order chi connectivity index (χ0) is 42.8. The number of carbonyl (C=O) groups is 1. The Morgan fingerprint density at radius 1 is 0.947 bits per heavy atom. The highest BCUT2D eigenvalue weighted by Gasteiger charge is 2.59. The molecule has 4 aliphatic rings. The van der Waals surface area contributed by atoms with Crippen molar-refractivity contribution in [1.29, 1.82) is 0 Å². The molecule has 5 N–H and O–H groups in total. The standard InChI is InChI=1S/C43H81N3O11/c1-15-32-40(8,9)36(48)29(6)44-23-25(2)21-41(10,50)37(57-39-34(47)31(45(12)13)20-26(3)53-39)27(4)35(28(5)38(49)55-32)56-33-22-42(11,52-14)43(51,30(7)54-33)24-46-18-16-17-19-46/h25-37,39,44,47-48,50-51H,15-24H2,1-14H3/t25-,26-,27+,28-,29-,30+,31+,32-,33+,34-,35+,36-,37-,39+,41-,42-,43-/m1/s1. The topological polar surface area (TPSA) is 172 Å². The molecule has 0 amide bonds. The maximum Gasteiger partial charge on any atom is 0.311 e. The Morgan fingerprint density at radius 2 is 1.58 bits per heavy atom. The number of ether oxygens (including phenoxy) is 6. The van der Waals surface area contributed by atoms with Crippen LogP contribution < -0.4 is 5.32 Å². The van der Waals surface area contributed by atoms with E-state index in [9.17, 15) is 25.2 Å². The van der Waals surface area contributed by atoms with Crippen molar-refractivity contribution >= 4 is 5.97 Å². The highest BCUT2D eigenvalue weighted by molar-refractivity contribution is 5.73. The van der Waals surface area contributed by atoms with Crippen LogP contribution in [0.3, 0.4) is 0 Å². The smallest absolute Gasteiger partial charge is 0.311 e. The molecule has 0 aromatic heterocycles. The summed E-state index contributed by atoms with van der Waals surface area (Å²) in [6.07, 6.45) is -3.75. The molecule has 14 nitrogen and oxygen atoms in total. The van der Waals surface area contributed by atoms with Gasteiger partial charge in [0, 0.05) is 43.5 Å². The van der Waals surface area contributed by atoms with Crippen LogP contribution in [0, 0.1) is 23.2 Å². The first kappa shape index (κ1) is 48.7. The van der Waals surface area contributed by atoms with Crippen molar-refractivity contribution in [3.05, 3.63) is 0 Å². The molecule has 0 saturated carbocycles. The fourth-order valence-corrected chi connectivity index (χ4v) is 10.3. The Kier molecular flexibility index (Phi) is 16.5. The number of rotatable bonds is 9. The van der Waals surface area contributed by atoms with Gasteiger partial charge in [-0.2, -0.15) is 0 Å². The van der Waals surface area contributed by atoms with Gasteiger partial charge >= 0.3 is 5.97 Å². The van der Waals surface area contributed by atoms with Crippen molar-refractivity contribution in [2.75, 3.05) is 47.4 Å². The lowest BCUT2D eigenvalue weighted by Gasteiger charge is -2.54. The van der Waals surface area contributed by atoms with Crippen molar-refractivity contribution < 1.29 is 53.6 Å². The lowest BCUT2D eigenvalue weighted by Crippen LogP contribution is -2.70. The molecule has 0 aromatic carbocycles. The third-order valence-electron chi connectivity index (χ3n) is 14.2. The second-order valence-corrected chi connectivity index (χ2v) is 19.6. The van der Waals surface area contributed by atoms with E-state index < -0.39 is 89.2 Å². The van der Waals surface area contributed by atoms with Gasteiger partial charge in [0.25, 0.3) is 0 Å². The maximum atomic E-state index is 14.5. The Balaban J connectivity index is 1.79. The molecule has 0 unspecified atom stereocenters. The largest absolute Gasteiger partial charge is 0.461 e. The minimum Gasteiger partial charge on any atom is -0.461 e. The summed E-state index contributed by atoms with van der Waals surface area (Å²) in [5.74, 6) is -2.22. The molecule has 4 saturated heterocycles. The summed E-state index contributed by atoms with van der Waals surface area (Å²) in [7, 11) is 5.41. The molecule has 14 heteroatoms. The van der Waals surface area contributed by atoms with Gasteiger partial charge in [-0.05, 0) is 113 Å². The number of aliphatic hydroxyl groups is 4. The second kappa shape index (κ2) is 19.4. The van der Waals surface area contributed by atoms with Crippen LogP contribution in [0.15, 0.2) is 0 Å². The van der Waals surface area contributed by atoms with Crippen molar-refractivity contribution in [2.45, 2.75) is 199 Å². The summed E-state index contributed by atoms with van der Waals surface area (Å²) < 4.78 is 39.0. The highest BCUT2D eigenvalue weighted by atomic mass is 16.7. The van der Waals surface area contributed by atoms with Crippen LogP contribution in [0.5, 0.6) is 0 Å². The average Bonchev–Trinajstić information content (AvgIpc) is 3.65. The predicted octanol–water partition coefficient (Wildman–Crippen LogP) is 3.30. The summed E-state index contributed by atoms with van der Waals surface area (Å²) in [6.45, 7) is 23.4. The third kappa shape index (κ3) is 10.7. The van der Waals surface area contributed by atoms with Gasteiger partial charge in [0.1, 0.15) is 23.4 Å². The van der Waals surface area contributed by atoms with E-state index in [1.54, 1.807) is 21.0 Å². The van der Waals surface area contributed by atoms with Crippen molar-refractivity contribution in [3.63, 3.8) is 0 Å². The lowest BCUT2D eigenvalue weighted by molar-refractivity contribution is -0.339. The summed E-state index contributed by atoms with van der Waals surface area (Å²) in [5, 5.41) is 51.7. The molecular formula is C43H81N3O11. The number of hydrogen-bond donors (Lipinski definition) is 5. The van der Waals surface area contributed by atoms with Gasteiger partial charge in [0.05, 0.1) is 42.0 Å². The molecule has 17 atom stereocenters. The van der Waals surface area contributed by atoms with Gasteiger partial charge in [-0.25, -0.2) is 0 Å². The average molecular weight is 816 g/mol. The van der Waals surface area contributed by atoms with Gasteiger partial charge in [-0.15, -0.1) is 0 Å². The first-order valence-corrected chi connectivity index (χ1v) is 21.7. The number of carbonyl (C=O) groups excluding carboxylic acids is 1. The molecule has 0 radical (unpaired) electrons. The monoisotopic (exact) mass is 816 g/mol. The maximum absolute atomic E-state index is 14.5. The van der Waals surface area contributed by atoms with E-state index in [4.69, 9.17) is 28.4 Å². The van der Waals surface area contributed by atoms with E-state index in [1.807, 2.05) is 81.3 Å². The zero-order valence-corrected chi connectivity index (χ0v) is 37.7. The number of likely N-dealkylation sites (tertiary alicyclic amines) is 1. The Bertz CT molecular complexity index is 1280. The minimum absolute atomic E-state index is 0.0818. The number of β-amino-alcohol motifs (C(OH)–C–C–N with tert-alkyl or cyclic N) is 1. The highest BCUT2D eigenvalue weighted by Crippen LogP contribution is 2.44. The Labute approximate surface area is 343 Å². The van der Waals surface area contributed by atoms with Gasteiger partial charge in [-0.1, -0.05) is 34.6 Å². The van der Waals surface area contributed by atoms with Crippen LogP contribution in [0.4, 0.5) is 0 Å². The first-order valence-electron chi connectivity index (χ1n) is 21.7. The van der Waals surface area contributed by atoms with Crippen LogP contribution in [0.2, 0.25) is 0 Å². The predicted molar refractivity (Wildman–Crippen MR) is 217 cm³/mol. The van der Waals surface area contributed by atoms with Gasteiger partial charge < -0.3 is 64.0 Å². The van der Waals surface area contributed by atoms with Gasteiger partial charge in [0.2, 0.25) is 0 Å². The SMILES string of the molecule is CC[C@H]1OC(=O)[C@H](C)[C@@H](O[C@H]2C[C@@](C)(OC)[C@@](O)(CN3CCCC3)[C@H](C)O2)[C@H](C)[C@@H](O[C@@H]2O[C@H](C)C[C@H](N(C)C)[C@H]2O)[C@](C)(O)C[C@@H](C)CN[C@H](C)[C@@H](O)C1(C)C. The number of nitrogens with one attached hydrogen (secondary N) is 1. The van der Waals surface area contributed by atoms with Crippen LogP contribution in [-0.4, -0.2) is 168 Å². The van der Waals surface area contributed by atoms with Crippen LogP contribution in [0.25, 0.3) is 0 Å². The molecule has 0 aliphatic carbocycles. The number of likely N-dealkylation sites (N-methyl/N-ethyl adjacent to an activating group) is 1. The molecule has 334 valence electrons. The zero-order valence-electron chi connectivity index (χ0n) is 37.7. The quantitative estimate of drug-likeness (QED) is 0.215. The van der Waals surface area contributed by atoms with Crippen molar-refractivity contribution in [3.8, 4) is 0 Å². The molecule has 4 aliphatic heterocycles. The molecule has 0 spiro atoms. The number of methoxy groups -OCH3 is 1. The number of hydrogen-bond acceptors (Lipinski definition) is 14. The third-order valence-corrected chi connectivity index (χ3v) is 14.2. The molecule has 0 bridgehead atoms. The number of esters is 1.